The van der Waals surface area contributed by atoms with Crippen LogP contribution in [0.2, 0.25) is 0 Å². The van der Waals surface area contributed by atoms with Gasteiger partial charge in [-0.15, -0.1) is 0 Å². The molecule has 0 saturated carbocycles. The van der Waals surface area contributed by atoms with Gasteiger partial charge in [-0.25, -0.2) is 0 Å². The molecule has 0 aromatic heterocycles. The van der Waals surface area contributed by atoms with Gasteiger partial charge in [-0.3, -0.25) is 4.79 Å². The molecular weight excluding hydrogens is 395 g/mol. The average Bonchev–Trinajstić information content (AvgIpc) is 3.07. The number of carbonyl (C=O) groups is 1. The lowest BCUT2D eigenvalue weighted by Crippen LogP contribution is -2.58. The number of nitrogens with one attached hydrogen (secondary N) is 1. The maximum absolute atomic E-state index is 12.9. The number of carbonyl (C=O) groups excluding carboxylic acids is 1. The van der Waals surface area contributed by atoms with Gasteiger partial charge in [0.15, 0.2) is 24.0 Å². The van der Waals surface area contributed by atoms with Crippen molar-refractivity contribution in [1.29, 1.82) is 0 Å². The Morgan fingerprint density at radius 3 is 2.28 bits per heavy atom. The van der Waals surface area contributed by atoms with Crippen molar-refractivity contribution in [3.63, 3.8) is 0 Å². The van der Waals surface area contributed by atoms with Crippen molar-refractivity contribution in [1.82, 2.24) is 0 Å². The Labute approximate surface area is 165 Å². The number of amides is 1. The van der Waals surface area contributed by atoms with Crippen LogP contribution in [0.25, 0.3) is 0 Å². The summed E-state index contributed by atoms with van der Waals surface area (Å²) in [6.45, 7) is 6.82. The van der Waals surface area contributed by atoms with Crippen LogP contribution in [0.4, 0.5) is 18.9 Å². The van der Waals surface area contributed by atoms with Crippen LogP contribution in [0.5, 0.6) is 0 Å². The molecule has 1 amide bonds. The lowest BCUT2D eigenvalue weighted by molar-refractivity contribution is -0.229. The van der Waals surface area contributed by atoms with Crippen LogP contribution in [0.3, 0.4) is 0 Å². The molecular formula is C19H22F3NO6. The van der Waals surface area contributed by atoms with E-state index in [1.54, 1.807) is 27.7 Å². The molecule has 0 aliphatic carbocycles. The molecule has 0 spiro atoms. The summed E-state index contributed by atoms with van der Waals surface area (Å²) in [5, 5.41) is 2.47. The van der Waals surface area contributed by atoms with Crippen molar-refractivity contribution in [3.05, 3.63) is 29.8 Å². The first-order chi connectivity index (χ1) is 13.3. The second-order valence-electron chi connectivity index (χ2n) is 8.16. The summed E-state index contributed by atoms with van der Waals surface area (Å²) in [5.41, 5.74) is -0.872. The van der Waals surface area contributed by atoms with Gasteiger partial charge in [0.25, 0.3) is 5.91 Å². The Balaban J connectivity index is 1.57. The van der Waals surface area contributed by atoms with Crippen LogP contribution in [0.15, 0.2) is 24.3 Å². The number of alkyl halides is 3. The van der Waals surface area contributed by atoms with Crippen molar-refractivity contribution in [2.24, 2.45) is 0 Å². The van der Waals surface area contributed by atoms with Crippen molar-refractivity contribution >= 4 is 11.6 Å². The van der Waals surface area contributed by atoms with E-state index in [4.69, 9.17) is 23.7 Å². The SMILES string of the molecule is CC1(C)O[C@@H]2[C@@H](O1)[C@H](C(=O)Nc1cccc(C(F)(F)F)c1)O[C@H]1OC(C)(C)O[C@@H]12. The van der Waals surface area contributed by atoms with Crippen molar-refractivity contribution in [2.75, 3.05) is 5.32 Å². The van der Waals surface area contributed by atoms with E-state index in [-0.39, 0.29) is 5.69 Å². The van der Waals surface area contributed by atoms with Gasteiger partial charge < -0.3 is 29.0 Å². The molecule has 4 rings (SSSR count). The second kappa shape index (κ2) is 6.64. The Kier molecular flexibility index (Phi) is 4.71. The number of ether oxygens (including phenoxy) is 5. The molecule has 0 unspecified atom stereocenters. The molecule has 1 aromatic rings. The summed E-state index contributed by atoms with van der Waals surface area (Å²) in [6, 6.07) is 4.36. The molecule has 5 atom stereocenters. The van der Waals surface area contributed by atoms with Gasteiger partial charge >= 0.3 is 6.18 Å². The van der Waals surface area contributed by atoms with Crippen LogP contribution < -0.4 is 5.32 Å². The molecule has 3 aliphatic heterocycles. The maximum atomic E-state index is 12.9. The van der Waals surface area contributed by atoms with E-state index in [0.717, 1.165) is 12.1 Å². The normalized spacial score (nSPS) is 35.1. The van der Waals surface area contributed by atoms with Gasteiger partial charge in [0, 0.05) is 5.69 Å². The molecule has 160 valence electrons. The van der Waals surface area contributed by atoms with Crippen molar-refractivity contribution < 1.29 is 41.7 Å². The summed E-state index contributed by atoms with van der Waals surface area (Å²) < 4.78 is 67.9. The minimum absolute atomic E-state index is 0.00538. The fourth-order valence-corrected chi connectivity index (χ4v) is 3.81. The number of fused-ring (bicyclic) bond motifs is 3. The van der Waals surface area contributed by atoms with E-state index < -0.39 is 59.9 Å². The summed E-state index contributed by atoms with van der Waals surface area (Å²) >= 11 is 0. The summed E-state index contributed by atoms with van der Waals surface area (Å²) in [5.74, 6) is -2.59. The molecule has 29 heavy (non-hydrogen) atoms. The number of anilines is 1. The molecule has 3 saturated heterocycles. The highest BCUT2D eigenvalue weighted by Gasteiger charge is 2.62. The Morgan fingerprint density at radius 2 is 1.59 bits per heavy atom. The average molecular weight is 417 g/mol. The fourth-order valence-electron chi connectivity index (χ4n) is 3.81. The van der Waals surface area contributed by atoms with Gasteiger partial charge in [-0.05, 0) is 45.9 Å². The quantitative estimate of drug-likeness (QED) is 0.797. The van der Waals surface area contributed by atoms with E-state index in [2.05, 4.69) is 5.32 Å². The highest BCUT2D eigenvalue weighted by Crippen LogP contribution is 2.44. The maximum Gasteiger partial charge on any atom is 0.416 e. The minimum atomic E-state index is -4.52. The highest BCUT2D eigenvalue weighted by molar-refractivity contribution is 5.95. The largest absolute Gasteiger partial charge is 0.416 e. The smallest absolute Gasteiger partial charge is 0.342 e. The van der Waals surface area contributed by atoms with E-state index in [1.807, 2.05) is 0 Å². The van der Waals surface area contributed by atoms with E-state index in [1.165, 1.54) is 12.1 Å². The predicted molar refractivity (Wildman–Crippen MR) is 92.6 cm³/mol. The fraction of sp³-hybridized carbons (Fsp3) is 0.632. The molecule has 10 heteroatoms. The van der Waals surface area contributed by atoms with Gasteiger partial charge in [-0.1, -0.05) is 6.07 Å². The topological polar surface area (TPSA) is 75.3 Å². The summed E-state index contributed by atoms with van der Waals surface area (Å²) in [7, 11) is 0. The molecule has 3 aliphatic rings. The van der Waals surface area contributed by atoms with Crippen molar-refractivity contribution in [2.45, 2.75) is 76.2 Å². The van der Waals surface area contributed by atoms with Crippen LogP contribution >= 0.6 is 0 Å². The summed E-state index contributed by atoms with van der Waals surface area (Å²) in [4.78, 5) is 12.9. The summed E-state index contributed by atoms with van der Waals surface area (Å²) in [6.07, 6.45) is -8.60. The predicted octanol–water partition coefficient (Wildman–Crippen LogP) is 3.04. The van der Waals surface area contributed by atoms with Gasteiger partial charge in [0.1, 0.15) is 18.3 Å². The number of rotatable bonds is 2. The molecule has 0 radical (unpaired) electrons. The first-order valence-electron chi connectivity index (χ1n) is 9.20. The number of hydrogen-bond donors (Lipinski definition) is 1. The molecule has 1 aromatic carbocycles. The Hall–Kier alpha value is -1.72. The van der Waals surface area contributed by atoms with Crippen LogP contribution in [-0.2, 0) is 34.7 Å². The van der Waals surface area contributed by atoms with E-state index in [0.29, 0.717) is 0 Å². The number of benzene rings is 1. The van der Waals surface area contributed by atoms with Crippen molar-refractivity contribution in [3.8, 4) is 0 Å². The Morgan fingerprint density at radius 1 is 0.966 bits per heavy atom. The van der Waals surface area contributed by atoms with Crippen LogP contribution in [0.1, 0.15) is 33.3 Å². The van der Waals surface area contributed by atoms with Gasteiger partial charge in [0.2, 0.25) is 0 Å². The zero-order chi connectivity index (χ0) is 21.2. The standard InChI is InChI=1S/C19H22F3NO6/c1-17(2)26-11-12(27-17)14-16(29-18(3,4)28-14)25-13(11)15(24)23-10-7-5-6-9(8-10)19(20,21)22/h5-8,11-14,16H,1-4H3,(H,23,24)/t11-,12-,13-,14-,16+/m1/s1. The van der Waals surface area contributed by atoms with E-state index >= 15 is 0 Å². The van der Waals surface area contributed by atoms with Gasteiger partial charge in [0.05, 0.1) is 5.56 Å². The lowest BCUT2D eigenvalue weighted by Gasteiger charge is -2.36. The molecule has 0 bridgehead atoms. The van der Waals surface area contributed by atoms with Crippen LogP contribution in [0, 0.1) is 0 Å². The Bertz CT molecular complexity index is 811. The minimum Gasteiger partial charge on any atom is -0.342 e. The third-order valence-electron chi connectivity index (χ3n) is 4.87. The monoisotopic (exact) mass is 417 g/mol. The third-order valence-corrected chi connectivity index (χ3v) is 4.87. The molecule has 1 N–H and O–H groups in total. The number of halogens is 3. The number of hydrogen-bond acceptors (Lipinski definition) is 6. The first-order valence-corrected chi connectivity index (χ1v) is 9.20. The zero-order valence-corrected chi connectivity index (χ0v) is 16.3. The lowest BCUT2D eigenvalue weighted by atomic mass is 9.98. The molecule has 7 nitrogen and oxygen atoms in total. The second-order valence-corrected chi connectivity index (χ2v) is 8.16. The van der Waals surface area contributed by atoms with E-state index in [9.17, 15) is 18.0 Å². The van der Waals surface area contributed by atoms with Crippen LogP contribution in [-0.4, -0.2) is 48.2 Å². The zero-order valence-electron chi connectivity index (χ0n) is 16.3. The first kappa shape index (κ1) is 20.5. The molecule has 3 heterocycles. The molecule has 3 fully saturated rings. The highest BCUT2D eigenvalue weighted by atomic mass is 19.4. The third kappa shape index (κ3) is 3.99. The van der Waals surface area contributed by atoms with Gasteiger partial charge in [-0.2, -0.15) is 13.2 Å².